The summed E-state index contributed by atoms with van der Waals surface area (Å²) in [5.74, 6) is -3.64. The number of fused-ring (bicyclic) bond motifs is 3. The van der Waals surface area contributed by atoms with Gasteiger partial charge in [-0.15, -0.1) is 0 Å². The van der Waals surface area contributed by atoms with Crippen LogP contribution in [0, 0.1) is 0 Å². The van der Waals surface area contributed by atoms with Gasteiger partial charge in [0, 0.05) is 18.9 Å². The zero-order chi connectivity index (χ0) is 38.7. The van der Waals surface area contributed by atoms with Crippen LogP contribution >= 0.6 is 0 Å². The predicted octanol–water partition coefficient (Wildman–Crippen LogP) is 4.25. The van der Waals surface area contributed by atoms with Gasteiger partial charge in [-0.05, 0) is 57.9 Å². The number of phenolic OH excluding ortho intramolecular Hbond substituents is 2. The number of aromatic hydroxyl groups is 2. The molecule has 5 aliphatic rings. The summed E-state index contributed by atoms with van der Waals surface area (Å²) in [6.07, 6.45) is -6.11. The molecule has 4 saturated heterocycles. The van der Waals surface area contributed by atoms with E-state index in [9.17, 15) is 30.0 Å². The van der Waals surface area contributed by atoms with Gasteiger partial charge in [-0.2, -0.15) is 0 Å². The number of carboxylic acid groups (broad SMARTS) is 1. The maximum atomic E-state index is 13.6. The molecule has 3 unspecified atom stereocenters. The number of carbonyl (C=O) groups excluding carboxylic acids is 1. The summed E-state index contributed by atoms with van der Waals surface area (Å²) in [5.41, 5.74) is 1.39. The first-order valence-corrected chi connectivity index (χ1v) is 18.2. The Labute approximate surface area is 312 Å². The summed E-state index contributed by atoms with van der Waals surface area (Å²) in [7, 11) is 0. The lowest BCUT2D eigenvalue weighted by Gasteiger charge is -2.48. The highest BCUT2D eigenvalue weighted by Crippen LogP contribution is 2.51. The Hall–Kier alpha value is -3.80. The number of rotatable bonds is 10. The van der Waals surface area contributed by atoms with Crippen LogP contribution in [0.3, 0.4) is 0 Å². The van der Waals surface area contributed by atoms with Crippen molar-refractivity contribution in [3.8, 4) is 23.0 Å². The molecule has 0 spiro atoms. The van der Waals surface area contributed by atoms with Gasteiger partial charge in [0.1, 0.15) is 78.4 Å². The molecule has 0 bridgehead atoms. The molecule has 0 radical (unpaired) electrons. The van der Waals surface area contributed by atoms with Crippen molar-refractivity contribution in [2.75, 3.05) is 19.8 Å². The molecule has 7 rings (SSSR count). The largest absolute Gasteiger partial charge is 0.507 e. The number of Topliss-reactive ketones (excluding diaryl/α,β-unsaturated/α-hetero) is 1. The number of phenols is 2. The minimum atomic E-state index is -1.16. The van der Waals surface area contributed by atoms with E-state index >= 15 is 0 Å². The number of carbonyl (C=O) groups is 2. The first-order valence-electron chi connectivity index (χ1n) is 18.2. The number of aliphatic hydroxyl groups is 1. The monoisotopic (exact) mass is 756 g/mol. The van der Waals surface area contributed by atoms with Gasteiger partial charge < -0.3 is 63.1 Å². The molecule has 2 aromatic rings. The van der Waals surface area contributed by atoms with E-state index in [0.29, 0.717) is 23.3 Å². The summed E-state index contributed by atoms with van der Waals surface area (Å²) in [5, 5.41) is 42.3. The Kier molecular flexibility index (Phi) is 10.5. The predicted molar refractivity (Wildman–Crippen MR) is 186 cm³/mol. The van der Waals surface area contributed by atoms with Gasteiger partial charge in [0.05, 0.1) is 43.0 Å². The number of hydrogen-bond donors (Lipinski definition) is 4. The van der Waals surface area contributed by atoms with Gasteiger partial charge in [0.25, 0.3) is 0 Å². The van der Waals surface area contributed by atoms with Crippen molar-refractivity contribution < 1.29 is 72.6 Å². The van der Waals surface area contributed by atoms with E-state index < -0.39 is 84.5 Å². The Morgan fingerprint density at radius 1 is 0.944 bits per heavy atom. The normalized spacial score (nSPS) is 33.9. The van der Waals surface area contributed by atoms with E-state index in [1.807, 2.05) is 20.8 Å². The average molecular weight is 757 g/mol. The summed E-state index contributed by atoms with van der Waals surface area (Å²) < 4.78 is 54.3. The van der Waals surface area contributed by atoms with Gasteiger partial charge in [-0.25, -0.2) is 4.79 Å². The van der Waals surface area contributed by atoms with Gasteiger partial charge >= 0.3 is 5.97 Å². The van der Waals surface area contributed by atoms with Gasteiger partial charge in [0.15, 0.2) is 17.4 Å². The third kappa shape index (κ3) is 7.82. The fourth-order valence-corrected chi connectivity index (χ4v) is 7.94. The third-order valence-corrected chi connectivity index (χ3v) is 10.4. The molecule has 0 saturated carbocycles. The highest BCUT2D eigenvalue weighted by Gasteiger charge is 2.53. The minimum absolute atomic E-state index is 0.0327. The van der Waals surface area contributed by atoms with Gasteiger partial charge in [-0.3, -0.25) is 4.79 Å². The molecule has 0 aliphatic carbocycles. The second-order valence-corrected chi connectivity index (χ2v) is 15.4. The molecule has 54 heavy (non-hydrogen) atoms. The summed E-state index contributed by atoms with van der Waals surface area (Å²) in [4.78, 5) is 25.0. The number of ketones is 1. The maximum absolute atomic E-state index is 13.6. The number of aliphatic hydroxyl groups excluding tert-OH is 1. The topological polar surface area (TPSA) is 198 Å². The molecular weight excluding hydrogens is 708 g/mol. The lowest BCUT2D eigenvalue weighted by molar-refractivity contribution is -0.348. The van der Waals surface area contributed by atoms with Crippen molar-refractivity contribution in [1.29, 1.82) is 0 Å². The maximum Gasteiger partial charge on any atom is 0.329 e. The zero-order valence-corrected chi connectivity index (χ0v) is 30.9. The van der Waals surface area contributed by atoms with Crippen molar-refractivity contribution >= 4 is 11.8 Å². The van der Waals surface area contributed by atoms with E-state index in [4.69, 9.17) is 42.6 Å². The van der Waals surface area contributed by atoms with Crippen LogP contribution in [0.5, 0.6) is 23.0 Å². The first-order chi connectivity index (χ1) is 25.5. The van der Waals surface area contributed by atoms with Crippen molar-refractivity contribution in [2.24, 2.45) is 0 Å². The Morgan fingerprint density at radius 3 is 2.37 bits per heavy atom. The molecule has 0 aromatic heterocycles. The summed E-state index contributed by atoms with van der Waals surface area (Å²) in [6.45, 7) is 12.8. The van der Waals surface area contributed by atoms with E-state index in [1.54, 1.807) is 38.1 Å². The number of carboxylic acids is 1. The molecule has 4 N–H and O–H groups in total. The highest BCUT2D eigenvalue weighted by molar-refractivity contribution is 6.03. The Bertz CT molecular complexity index is 1750. The molecule has 10 atom stereocenters. The molecule has 5 aliphatic heterocycles. The van der Waals surface area contributed by atoms with Crippen LogP contribution < -0.4 is 9.47 Å². The van der Waals surface area contributed by atoms with E-state index in [2.05, 4.69) is 6.58 Å². The first kappa shape index (κ1) is 38.5. The number of aliphatic carboxylic acids is 1. The second kappa shape index (κ2) is 14.7. The Balaban J connectivity index is 1.03. The zero-order valence-electron chi connectivity index (χ0n) is 30.9. The molecule has 15 nitrogen and oxygen atoms in total. The lowest BCUT2D eigenvalue weighted by Crippen LogP contribution is -2.58. The lowest BCUT2D eigenvalue weighted by atomic mass is 9.88. The standard InChI is InChI=1S/C39H48O15/c1-18(11-27-33(45)37-34(19(2)49-27)52-39(5,6)54-37)15-46-21-9-7-20(8-10-21)25-13-24(42)31-22(40)12-23(41)32(36(31)51-25)26-14-28(47-17-30(43)44)35-29(50-26)16-48-38(3,4)53-35/h7-10,12,19,25-29,33-35,37,40-41,45H,1,11,13-17H2,2-6H3,(H,43,44)/t19-,25?,26?,27-,28+,29+,33+,34+,35?,37-/m0/s1. The van der Waals surface area contributed by atoms with Crippen LogP contribution in [0.4, 0.5) is 0 Å². The fourth-order valence-electron chi connectivity index (χ4n) is 7.94. The van der Waals surface area contributed by atoms with Crippen LogP contribution in [0.2, 0.25) is 0 Å². The van der Waals surface area contributed by atoms with Crippen LogP contribution in [-0.4, -0.2) is 112 Å². The van der Waals surface area contributed by atoms with Crippen LogP contribution in [0.1, 0.15) is 87.6 Å². The molecule has 5 heterocycles. The highest BCUT2D eigenvalue weighted by atomic mass is 16.8. The molecule has 15 heteroatoms. The van der Waals surface area contributed by atoms with E-state index in [-0.39, 0.29) is 60.9 Å². The van der Waals surface area contributed by atoms with Crippen LogP contribution in [0.25, 0.3) is 0 Å². The quantitative estimate of drug-likeness (QED) is 0.251. The Morgan fingerprint density at radius 2 is 1.65 bits per heavy atom. The second-order valence-electron chi connectivity index (χ2n) is 15.4. The molecular formula is C39H48O15. The molecule has 2 aromatic carbocycles. The van der Waals surface area contributed by atoms with Crippen molar-refractivity contribution in [3.05, 3.63) is 59.2 Å². The van der Waals surface area contributed by atoms with Crippen LogP contribution in [0.15, 0.2) is 42.5 Å². The fraction of sp³-hybridized carbons (Fsp3) is 0.590. The molecule has 0 amide bonds. The van der Waals surface area contributed by atoms with Crippen molar-refractivity contribution in [2.45, 2.75) is 126 Å². The van der Waals surface area contributed by atoms with Crippen LogP contribution in [-0.2, 0) is 38.0 Å². The summed E-state index contributed by atoms with van der Waals surface area (Å²) in [6, 6.07) is 8.06. The van der Waals surface area contributed by atoms with Gasteiger partial charge in [0.2, 0.25) is 0 Å². The summed E-state index contributed by atoms with van der Waals surface area (Å²) >= 11 is 0. The average Bonchev–Trinajstić information content (AvgIpc) is 3.44. The van der Waals surface area contributed by atoms with E-state index in [0.717, 1.165) is 6.07 Å². The van der Waals surface area contributed by atoms with Gasteiger partial charge in [-0.1, -0.05) is 18.7 Å². The van der Waals surface area contributed by atoms with Crippen molar-refractivity contribution in [1.82, 2.24) is 0 Å². The molecule has 294 valence electrons. The SMILES string of the molecule is C=C(COc1ccc(C2CC(=O)c3c(O)cc(O)c(C4C[C@@H](OCC(=O)O)C5OC(C)(C)OC[C@H]5O4)c3O2)cc1)C[C@@H]1O[C@@H](C)[C@H]2OC(C)(C)O[C@H]2[C@@H]1O. The van der Waals surface area contributed by atoms with Crippen molar-refractivity contribution in [3.63, 3.8) is 0 Å². The third-order valence-electron chi connectivity index (χ3n) is 10.4. The number of hydrogen-bond acceptors (Lipinski definition) is 14. The van der Waals surface area contributed by atoms with E-state index in [1.165, 1.54) is 0 Å². The number of benzene rings is 2. The minimum Gasteiger partial charge on any atom is -0.507 e. The molecule has 4 fully saturated rings. The number of ether oxygens (including phenoxy) is 9. The smallest absolute Gasteiger partial charge is 0.329 e.